The molecule has 1 N–H and O–H groups in total. The van der Waals surface area contributed by atoms with E-state index in [4.69, 9.17) is 8.92 Å². The largest absolute Gasteiger partial charge is 0.491 e. The van der Waals surface area contributed by atoms with Crippen LogP contribution in [0, 0.1) is 18.8 Å². The second kappa shape index (κ2) is 10.3. The lowest BCUT2D eigenvalue weighted by Crippen LogP contribution is -2.51. The molecule has 2 heterocycles. The molecule has 1 aromatic carbocycles. The quantitative estimate of drug-likeness (QED) is 0.403. The monoisotopic (exact) mass is 499 g/mol. The highest BCUT2D eigenvalue weighted by molar-refractivity contribution is 7.93. The third kappa shape index (κ3) is 5.92. The minimum absolute atomic E-state index is 0.0322. The van der Waals surface area contributed by atoms with Crippen molar-refractivity contribution in [2.45, 2.75) is 71.2 Å². The first-order valence-corrected chi connectivity index (χ1v) is 14.0. The fourth-order valence-electron chi connectivity index (χ4n) is 4.79. The maximum Gasteiger partial charge on any atom is 0.224 e. The first-order valence-electron chi connectivity index (χ1n) is 12.5. The lowest BCUT2D eigenvalue weighted by Gasteiger charge is -2.45. The Labute approximate surface area is 212 Å². The molecular formula is C27H39N4O3S+. The number of anilines is 2. The Balaban J connectivity index is 1.60. The van der Waals surface area contributed by atoms with E-state index in [1.165, 1.54) is 0 Å². The van der Waals surface area contributed by atoms with Gasteiger partial charge in [0.1, 0.15) is 36.4 Å². The molecule has 2 aliphatic rings. The SMILES string of the molecule is CC(=O)N1c2ccc(OCCO[S+](C)C(C)(C)C)cc2[C@H](Nc2nccc(C)n2)[C@@H](C)[C@@H]1C1CC1. The van der Waals surface area contributed by atoms with Crippen molar-refractivity contribution < 1.29 is 13.7 Å². The summed E-state index contributed by atoms with van der Waals surface area (Å²) in [6.07, 6.45) is 6.22. The minimum Gasteiger partial charge on any atom is -0.491 e. The van der Waals surface area contributed by atoms with E-state index in [-0.39, 0.29) is 39.8 Å². The first kappa shape index (κ1) is 25.8. The Morgan fingerprint density at radius 2 is 1.97 bits per heavy atom. The molecule has 1 aliphatic heterocycles. The molecule has 0 bridgehead atoms. The maximum absolute atomic E-state index is 12.8. The number of amides is 1. The summed E-state index contributed by atoms with van der Waals surface area (Å²) in [5.41, 5.74) is 2.90. The van der Waals surface area contributed by atoms with Gasteiger partial charge in [-0.25, -0.2) is 9.97 Å². The van der Waals surface area contributed by atoms with Crippen LogP contribution in [0.3, 0.4) is 0 Å². The van der Waals surface area contributed by atoms with Crippen LogP contribution in [-0.4, -0.2) is 46.1 Å². The van der Waals surface area contributed by atoms with Gasteiger partial charge in [0.15, 0.2) is 4.75 Å². The Bertz CT molecular complexity index is 1050. The lowest BCUT2D eigenvalue weighted by molar-refractivity contribution is -0.117. The van der Waals surface area contributed by atoms with E-state index in [9.17, 15) is 4.79 Å². The van der Waals surface area contributed by atoms with Crippen molar-refractivity contribution in [3.63, 3.8) is 0 Å². The molecule has 4 rings (SSSR count). The topological polar surface area (TPSA) is 76.6 Å². The molecule has 35 heavy (non-hydrogen) atoms. The average molecular weight is 500 g/mol. The zero-order chi connectivity index (χ0) is 25.3. The molecule has 0 spiro atoms. The number of hydrogen-bond acceptors (Lipinski definition) is 6. The van der Waals surface area contributed by atoms with E-state index in [1.807, 2.05) is 30.0 Å². The Kier molecular flexibility index (Phi) is 7.62. The van der Waals surface area contributed by atoms with E-state index < -0.39 is 0 Å². The van der Waals surface area contributed by atoms with E-state index in [0.717, 1.165) is 35.5 Å². The molecule has 1 aromatic heterocycles. The Morgan fingerprint density at radius 3 is 2.60 bits per heavy atom. The summed E-state index contributed by atoms with van der Waals surface area (Å²) in [7, 11) is 0. The third-order valence-electron chi connectivity index (χ3n) is 6.95. The van der Waals surface area contributed by atoms with Crippen LogP contribution < -0.4 is 15.0 Å². The molecular weight excluding hydrogens is 460 g/mol. The zero-order valence-corrected chi connectivity index (χ0v) is 22.8. The van der Waals surface area contributed by atoms with Crippen LogP contribution in [0.25, 0.3) is 0 Å². The number of hydrogen-bond donors (Lipinski definition) is 1. The van der Waals surface area contributed by atoms with E-state index in [0.29, 0.717) is 25.1 Å². The second-order valence-corrected chi connectivity index (χ2v) is 13.0. The van der Waals surface area contributed by atoms with Crippen LogP contribution >= 0.6 is 0 Å². The fraction of sp³-hybridized carbons (Fsp3) is 0.593. The number of benzene rings is 1. The van der Waals surface area contributed by atoms with Crippen LogP contribution in [0.2, 0.25) is 0 Å². The predicted octanol–water partition coefficient (Wildman–Crippen LogP) is 5.08. The second-order valence-electron chi connectivity index (χ2n) is 10.7. The van der Waals surface area contributed by atoms with Gasteiger partial charge in [0.25, 0.3) is 0 Å². The van der Waals surface area contributed by atoms with Crippen molar-refractivity contribution in [3.05, 3.63) is 41.7 Å². The summed E-state index contributed by atoms with van der Waals surface area (Å²) in [6.45, 7) is 13.4. The normalized spacial score (nSPS) is 22.9. The van der Waals surface area contributed by atoms with Gasteiger partial charge in [0.2, 0.25) is 11.9 Å². The smallest absolute Gasteiger partial charge is 0.224 e. The van der Waals surface area contributed by atoms with Crippen LogP contribution in [-0.2, 0) is 20.2 Å². The number of fused-ring (bicyclic) bond motifs is 1. The maximum atomic E-state index is 12.8. The van der Waals surface area contributed by atoms with Crippen molar-refractivity contribution in [1.29, 1.82) is 0 Å². The minimum atomic E-state index is -0.143. The van der Waals surface area contributed by atoms with E-state index in [1.54, 1.807) is 13.1 Å². The van der Waals surface area contributed by atoms with Gasteiger partial charge in [-0.3, -0.25) is 4.79 Å². The molecule has 190 valence electrons. The van der Waals surface area contributed by atoms with Gasteiger partial charge < -0.3 is 15.0 Å². The highest BCUT2D eigenvalue weighted by atomic mass is 32.2. The molecule has 1 aliphatic carbocycles. The number of ether oxygens (including phenoxy) is 1. The van der Waals surface area contributed by atoms with Gasteiger partial charge in [0, 0.05) is 42.0 Å². The molecule has 4 atom stereocenters. The fourth-order valence-corrected chi connectivity index (χ4v) is 5.46. The number of aryl methyl sites for hydroxylation is 1. The van der Waals surface area contributed by atoms with Gasteiger partial charge in [-0.05, 0) is 70.7 Å². The number of carbonyl (C=O) groups excluding carboxylic acids is 1. The van der Waals surface area contributed by atoms with Crippen molar-refractivity contribution >= 4 is 28.7 Å². The van der Waals surface area contributed by atoms with Gasteiger partial charge >= 0.3 is 0 Å². The van der Waals surface area contributed by atoms with Crippen LogP contribution in [0.15, 0.2) is 30.5 Å². The number of aromatic nitrogens is 2. The van der Waals surface area contributed by atoms with Crippen molar-refractivity contribution in [3.8, 4) is 5.75 Å². The van der Waals surface area contributed by atoms with Crippen molar-refractivity contribution in [2.75, 3.05) is 29.7 Å². The van der Waals surface area contributed by atoms with E-state index in [2.05, 4.69) is 55.3 Å². The van der Waals surface area contributed by atoms with E-state index >= 15 is 0 Å². The third-order valence-corrected chi connectivity index (χ3v) is 9.20. The van der Waals surface area contributed by atoms with Crippen LogP contribution in [0.5, 0.6) is 5.75 Å². The highest BCUT2D eigenvalue weighted by Gasteiger charge is 2.47. The molecule has 1 fully saturated rings. The number of carbonyl (C=O) groups is 1. The predicted molar refractivity (Wildman–Crippen MR) is 143 cm³/mol. The number of nitrogens with one attached hydrogen (secondary N) is 1. The molecule has 1 unspecified atom stereocenters. The molecule has 8 heteroatoms. The summed E-state index contributed by atoms with van der Waals surface area (Å²) < 4.78 is 12.2. The summed E-state index contributed by atoms with van der Waals surface area (Å²) in [5, 5.41) is 3.59. The van der Waals surface area contributed by atoms with Crippen molar-refractivity contribution in [2.24, 2.45) is 11.8 Å². The molecule has 7 nitrogen and oxygen atoms in total. The van der Waals surface area contributed by atoms with Gasteiger partial charge in [-0.15, -0.1) is 0 Å². The van der Waals surface area contributed by atoms with Crippen LogP contribution in [0.1, 0.15) is 64.8 Å². The average Bonchev–Trinajstić information content (AvgIpc) is 3.62. The first-order chi connectivity index (χ1) is 16.6. The highest BCUT2D eigenvalue weighted by Crippen LogP contribution is 2.50. The summed E-state index contributed by atoms with van der Waals surface area (Å²) >= 11 is -0.143. The molecule has 2 aromatic rings. The van der Waals surface area contributed by atoms with Gasteiger partial charge in [-0.1, -0.05) is 6.92 Å². The molecule has 1 saturated carbocycles. The van der Waals surface area contributed by atoms with Gasteiger partial charge in [-0.2, -0.15) is 4.18 Å². The zero-order valence-electron chi connectivity index (χ0n) is 22.0. The summed E-state index contributed by atoms with van der Waals surface area (Å²) in [5.74, 6) is 2.19. The standard InChI is InChI=1S/C27H39N4O3S/c1-17-12-13-28-26(29-17)30-24-18(2)25(20-8-9-20)31(19(3)32)23-11-10-21(16-22(23)24)33-14-15-34-35(7)27(4,5)6/h10-13,16,18,20,24-25H,8-9,14-15H2,1-7H3,(H,28,29,30)/q+1/t18-,24-,25-,35?/m1/s1. The molecule has 0 radical (unpaired) electrons. The molecule has 0 saturated heterocycles. The molecule has 1 amide bonds. The summed E-state index contributed by atoms with van der Waals surface area (Å²) in [4.78, 5) is 23.9. The summed E-state index contributed by atoms with van der Waals surface area (Å²) in [6, 6.07) is 8.07. The lowest BCUT2D eigenvalue weighted by atomic mass is 9.80. The van der Waals surface area contributed by atoms with Crippen LogP contribution in [0.4, 0.5) is 11.6 Å². The number of nitrogens with zero attached hydrogens (tertiary/aromatic N) is 3. The van der Waals surface area contributed by atoms with Crippen molar-refractivity contribution in [1.82, 2.24) is 9.97 Å². The van der Waals surface area contributed by atoms with Gasteiger partial charge in [0.05, 0.1) is 6.04 Å². The Hall–Kier alpha value is -2.32. The Morgan fingerprint density at radius 1 is 1.23 bits per heavy atom. The number of rotatable bonds is 8.